The highest BCUT2D eigenvalue weighted by Gasteiger charge is 2.38. The molecule has 1 aromatic heterocycles. The van der Waals surface area contributed by atoms with Gasteiger partial charge in [-0.05, 0) is 31.0 Å². The quantitative estimate of drug-likeness (QED) is 0.935. The molecule has 1 N–H and O–H groups in total. The third-order valence-electron chi connectivity index (χ3n) is 4.47. The maximum Gasteiger partial charge on any atom is 0.308 e. The molecular formula is C17H19N3O3. The van der Waals surface area contributed by atoms with Crippen molar-refractivity contribution in [3.05, 3.63) is 53.9 Å². The highest BCUT2D eigenvalue weighted by atomic mass is 16.4. The van der Waals surface area contributed by atoms with E-state index in [0.29, 0.717) is 25.1 Å². The van der Waals surface area contributed by atoms with Crippen molar-refractivity contribution in [2.45, 2.75) is 25.9 Å². The van der Waals surface area contributed by atoms with Gasteiger partial charge < -0.3 is 10.0 Å². The molecule has 2 heterocycles. The summed E-state index contributed by atoms with van der Waals surface area (Å²) < 4.78 is 1.76. The van der Waals surface area contributed by atoms with Gasteiger partial charge in [-0.25, -0.2) is 0 Å². The Kier molecular flexibility index (Phi) is 4.14. The second-order valence-corrected chi connectivity index (χ2v) is 5.83. The van der Waals surface area contributed by atoms with Crippen molar-refractivity contribution in [2.75, 3.05) is 6.54 Å². The van der Waals surface area contributed by atoms with Gasteiger partial charge in [-0.3, -0.25) is 14.3 Å². The molecule has 2 unspecified atom stereocenters. The topological polar surface area (TPSA) is 75.4 Å². The zero-order valence-electron chi connectivity index (χ0n) is 12.9. The minimum Gasteiger partial charge on any atom is -0.481 e. The smallest absolute Gasteiger partial charge is 0.308 e. The van der Waals surface area contributed by atoms with Crippen molar-refractivity contribution in [1.29, 1.82) is 0 Å². The average Bonchev–Trinajstić information content (AvgIpc) is 3.16. The van der Waals surface area contributed by atoms with Gasteiger partial charge in [-0.1, -0.05) is 18.2 Å². The van der Waals surface area contributed by atoms with Crippen LogP contribution in [0.3, 0.4) is 0 Å². The summed E-state index contributed by atoms with van der Waals surface area (Å²) in [5.41, 5.74) is 1.49. The van der Waals surface area contributed by atoms with Gasteiger partial charge in [0.15, 0.2) is 0 Å². The summed E-state index contributed by atoms with van der Waals surface area (Å²) in [7, 11) is 0. The second-order valence-electron chi connectivity index (χ2n) is 5.83. The summed E-state index contributed by atoms with van der Waals surface area (Å²) in [6.07, 6.45) is 4.05. The summed E-state index contributed by atoms with van der Waals surface area (Å²) in [4.78, 5) is 25.8. The van der Waals surface area contributed by atoms with Gasteiger partial charge in [-0.15, -0.1) is 0 Å². The van der Waals surface area contributed by atoms with Gasteiger partial charge >= 0.3 is 5.97 Å². The van der Waals surface area contributed by atoms with Gasteiger partial charge in [0.25, 0.3) is 5.91 Å². The molecule has 6 nitrogen and oxygen atoms in total. The van der Waals surface area contributed by atoms with Crippen molar-refractivity contribution < 1.29 is 14.7 Å². The van der Waals surface area contributed by atoms with E-state index in [9.17, 15) is 14.7 Å². The summed E-state index contributed by atoms with van der Waals surface area (Å²) in [6, 6.07) is 8.97. The molecule has 0 aliphatic carbocycles. The first-order valence-electron chi connectivity index (χ1n) is 7.67. The van der Waals surface area contributed by atoms with Crippen LogP contribution in [0.5, 0.6) is 0 Å². The van der Waals surface area contributed by atoms with E-state index in [4.69, 9.17) is 0 Å². The highest BCUT2D eigenvalue weighted by Crippen LogP contribution is 2.27. The van der Waals surface area contributed by atoms with Gasteiger partial charge in [0.05, 0.1) is 12.5 Å². The van der Waals surface area contributed by atoms with Crippen LogP contribution in [0.25, 0.3) is 0 Å². The van der Waals surface area contributed by atoms with Crippen LogP contribution in [0, 0.1) is 5.92 Å². The fourth-order valence-corrected chi connectivity index (χ4v) is 3.15. The predicted molar refractivity (Wildman–Crippen MR) is 84.0 cm³/mol. The number of hydrogen-bond acceptors (Lipinski definition) is 3. The zero-order valence-corrected chi connectivity index (χ0v) is 12.9. The Balaban J connectivity index is 1.84. The number of likely N-dealkylation sites (tertiary alicyclic amines) is 1. The molecule has 0 spiro atoms. The molecule has 3 rings (SSSR count). The summed E-state index contributed by atoms with van der Waals surface area (Å²) in [5.74, 6) is -1.43. The minimum atomic E-state index is -0.836. The van der Waals surface area contributed by atoms with Crippen LogP contribution in [0.2, 0.25) is 0 Å². The van der Waals surface area contributed by atoms with Crippen LogP contribution in [-0.2, 0) is 11.3 Å². The number of aliphatic carboxylic acids is 1. The van der Waals surface area contributed by atoms with E-state index >= 15 is 0 Å². The molecule has 1 aromatic carbocycles. The first-order valence-corrected chi connectivity index (χ1v) is 7.67. The van der Waals surface area contributed by atoms with Crippen LogP contribution in [0.15, 0.2) is 42.7 Å². The normalized spacial score (nSPS) is 20.7. The monoisotopic (exact) mass is 313 g/mol. The Bertz CT molecular complexity index is 712. The van der Waals surface area contributed by atoms with Crippen molar-refractivity contribution >= 4 is 11.9 Å². The minimum absolute atomic E-state index is 0.107. The fourth-order valence-electron chi connectivity index (χ4n) is 3.15. The van der Waals surface area contributed by atoms with Crippen molar-refractivity contribution in [1.82, 2.24) is 14.7 Å². The van der Waals surface area contributed by atoms with Crippen molar-refractivity contribution in [3.63, 3.8) is 0 Å². The molecule has 2 aromatic rings. The van der Waals surface area contributed by atoms with Gasteiger partial charge in [0, 0.05) is 30.5 Å². The Labute approximate surface area is 134 Å². The number of benzene rings is 1. The zero-order chi connectivity index (χ0) is 16.4. The summed E-state index contributed by atoms with van der Waals surface area (Å²) in [6.45, 7) is 2.80. The summed E-state index contributed by atoms with van der Waals surface area (Å²) >= 11 is 0. The molecule has 120 valence electrons. The van der Waals surface area contributed by atoms with Crippen LogP contribution in [-0.4, -0.2) is 44.3 Å². The Morgan fingerprint density at radius 2 is 2.09 bits per heavy atom. The second kappa shape index (κ2) is 6.24. The van der Waals surface area contributed by atoms with E-state index in [2.05, 4.69) is 5.10 Å². The molecule has 1 fully saturated rings. The number of rotatable bonds is 4. The summed E-state index contributed by atoms with van der Waals surface area (Å²) in [5, 5.41) is 13.4. The third-order valence-corrected chi connectivity index (χ3v) is 4.47. The number of amides is 1. The van der Waals surface area contributed by atoms with E-state index in [1.54, 1.807) is 28.8 Å². The molecule has 0 radical (unpaired) electrons. The lowest BCUT2D eigenvalue weighted by Gasteiger charge is -2.24. The number of carbonyl (C=O) groups excluding carboxylic acids is 1. The van der Waals surface area contributed by atoms with Crippen LogP contribution in [0.1, 0.15) is 29.3 Å². The number of nitrogens with zero attached hydrogens (tertiary/aromatic N) is 3. The molecule has 1 amide bonds. The van der Waals surface area contributed by atoms with E-state index in [1.807, 2.05) is 30.5 Å². The van der Waals surface area contributed by atoms with E-state index in [-0.39, 0.29) is 11.9 Å². The SMILES string of the molecule is CC1C(C(=O)O)CCN1C(=O)c1ccccc1Cn1cccn1. The van der Waals surface area contributed by atoms with Crippen LogP contribution in [0.4, 0.5) is 0 Å². The largest absolute Gasteiger partial charge is 0.481 e. The molecule has 0 saturated carbocycles. The Morgan fingerprint density at radius 3 is 2.74 bits per heavy atom. The molecule has 1 aliphatic rings. The Morgan fingerprint density at radius 1 is 1.30 bits per heavy atom. The number of carboxylic acid groups (broad SMARTS) is 1. The first-order chi connectivity index (χ1) is 11.1. The van der Waals surface area contributed by atoms with E-state index < -0.39 is 11.9 Å². The molecule has 23 heavy (non-hydrogen) atoms. The molecule has 1 saturated heterocycles. The molecule has 0 bridgehead atoms. The third kappa shape index (κ3) is 2.97. The van der Waals surface area contributed by atoms with Gasteiger partial charge in [0.2, 0.25) is 0 Å². The first kappa shape index (κ1) is 15.3. The maximum atomic E-state index is 12.9. The molecule has 6 heteroatoms. The van der Waals surface area contributed by atoms with Gasteiger partial charge in [-0.2, -0.15) is 5.10 Å². The fraction of sp³-hybridized carbons (Fsp3) is 0.353. The lowest BCUT2D eigenvalue weighted by Crippen LogP contribution is -2.38. The van der Waals surface area contributed by atoms with Crippen molar-refractivity contribution in [2.24, 2.45) is 5.92 Å². The predicted octanol–water partition coefficient (Wildman–Crippen LogP) is 1.87. The number of carbonyl (C=O) groups is 2. The highest BCUT2D eigenvalue weighted by molar-refractivity contribution is 5.96. The van der Waals surface area contributed by atoms with Crippen LogP contribution >= 0.6 is 0 Å². The average molecular weight is 313 g/mol. The lowest BCUT2D eigenvalue weighted by atomic mass is 10.0. The van der Waals surface area contributed by atoms with E-state index in [1.165, 1.54) is 0 Å². The maximum absolute atomic E-state index is 12.9. The Hall–Kier alpha value is -2.63. The number of hydrogen-bond donors (Lipinski definition) is 1. The molecule has 2 atom stereocenters. The lowest BCUT2D eigenvalue weighted by molar-refractivity contribution is -0.142. The standard InChI is InChI=1S/C17H19N3O3/c1-12-14(17(22)23)7-10-20(12)16(21)15-6-3-2-5-13(15)11-19-9-4-8-18-19/h2-6,8-9,12,14H,7,10-11H2,1H3,(H,22,23). The van der Waals surface area contributed by atoms with Crippen molar-refractivity contribution in [3.8, 4) is 0 Å². The number of carboxylic acids is 1. The van der Waals surface area contributed by atoms with Crippen LogP contribution < -0.4 is 0 Å². The molecule has 1 aliphatic heterocycles. The van der Waals surface area contributed by atoms with Gasteiger partial charge in [0.1, 0.15) is 0 Å². The van der Waals surface area contributed by atoms with E-state index in [0.717, 1.165) is 5.56 Å². The number of aromatic nitrogens is 2. The molecular weight excluding hydrogens is 294 g/mol.